The fourth-order valence-electron chi connectivity index (χ4n) is 4.10. The molecule has 0 aromatic carbocycles. The Morgan fingerprint density at radius 3 is 1.21 bits per heavy atom. The lowest BCUT2D eigenvalue weighted by atomic mass is 9.59. The summed E-state index contributed by atoms with van der Waals surface area (Å²) >= 11 is 0. The van der Waals surface area contributed by atoms with E-state index in [1.165, 1.54) is 38.5 Å². The molecule has 3 nitrogen and oxygen atoms in total. The van der Waals surface area contributed by atoms with E-state index in [4.69, 9.17) is 0 Å². The summed E-state index contributed by atoms with van der Waals surface area (Å²) < 4.78 is 0. The Morgan fingerprint density at radius 1 is 0.571 bits per heavy atom. The monoisotopic (exact) mass is 397 g/mol. The molecule has 3 N–H and O–H groups in total. The van der Waals surface area contributed by atoms with Crippen LogP contribution in [0.5, 0.6) is 0 Å². The molecule has 0 heterocycles. The third-order valence-corrected chi connectivity index (χ3v) is 5.95. The number of hydrogen-bond donors (Lipinski definition) is 3. The predicted octanol–water partition coefficient (Wildman–Crippen LogP) is 6.13. The van der Waals surface area contributed by atoms with E-state index in [2.05, 4.69) is 92.1 Å². The molecule has 0 aliphatic rings. The van der Waals surface area contributed by atoms with Gasteiger partial charge >= 0.3 is 0 Å². The molecule has 0 amide bonds. The van der Waals surface area contributed by atoms with Gasteiger partial charge in [-0.3, -0.25) is 0 Å². The molecule has 3 heteroatoms. The lowest BCUT2D eigenvalue weighted by molar-refractivity contribution is 0.0442. The standard InChI is InChI=1S/C25H55N3/c1-21(2)26-18-12-15-25(22(3,4)5,16-13-19-27-23(6,7)8)17-14-20-28-24(9,10)11/h21,26-28H,12-20H2,1-11H3. The van der Waals surface area contributed by atoms with Crippen LogP contribution < -0.4 is 16.0 Å². The molecule has 0 spiro atoms. The van der Waals surface area contributed by atoms with Crippen LogP contribution in [0.1, 0.15) is 115 Å². The average Bonchev–Trinajstić information content (AvgIpc) is 2.48. The first-order valence-electron chi connectivity index (χ1n) is 11.8. The van der Waals surface area contributed by atoms with Crippen molar-refractivity contribution in [1.29, 1.82) is 0 Å². The van der Waals surface area contributed by atoms with Crippen molar-refractivity contribution in [3.05, 3.63) is 0 Å². The zero-order chi connectivity index (χ0) is 22.1. The largest absolute Gasteiger partial charge is 0.315 e. The summed E-state index contributed by atoms with van der Waals surface area (Å²) in [6.07, 6.45) is 7.75. The average molecular weight is 398 g/mol. The molecule has 28 heavy (non-hydrogen) atoms. The molecule has 0 unspecified atom stereocenters. The fourth-order valence-corrected chi connectivity index (χ4v) is 4.10. The summed E-state index contributed by atoms with van der Waals surface area (Å²) in [7, 11) is 0. The van der Waals surface area contributed by atoms with Crippen LogP contribution in [0.15, 0.2) is 0 Å². The number of hydrogen-bond acceptors (Lipinski definition) is 3. The Kier molecular flexibility index (Phi) is 11.9. The maximum Gasteiger partial charge on any atom is 0.00965 e. The molecular formula is C25H55N3. The van der Waals surface area contributed by atoms with Gasteiger partial charge in [-0.15, -0.1) is 0 Å². The number of rotatable bonds is 13. The van der Waals surface area contributed by atoms with Crippen LogP contribution in [-0.4, -0.2) is 36.8 Å². The normalized spacial score (nSPS) is 14.1. The lowest BCUT2D eigenvalue weighted by Crippen LogP contribution is -2.41. The molecule has 170 valence electrons. The molecule has 0 rings (SSSR count). The van der Waals surface area contributed by atoms with E-state index in [0.29, 0.717) is 16.9 Å². The second kappa shape index (κ2) is 11.9. The molecular weight excluding hydrogens is 342 g/mol. The summed E-state index contributed by atoms with van der Waals surface area (Å²) in [5.41, 5.74) is 1.16. The summed E-state index contributed by atoms with van der Waals surface area (Å²) in [6, 6.07) is 0.580. The van der Waals surface area contributed by atoms with E-state index in [9.17, 15) is 0 Å². The van der Waals surface area contributed by atoms with Gasteiger partial charge in [0.15, 0.2) is 0 Å². The van der Waals surface area contributed by atoms with Crippen molar-refractivity contribution in [3.63, 3.8) is 0 Å². The van der Waals surface area contributed by atoms with Crippen LogP contribution in [-0.2, 0) is 0 Å². The van der Waals surface area contributed by atoms with Gasteiger partial charge in [-0.1, -0.05) is 34.6 Å². The molecule has 0 aliphatic heterocycles. The quantitative estimate of drug-likeness (QED) is 0.327. The van der Waals surface area contributed by atoms with Crippen LogP contribution in [0.4, 0.5) is 0 Å². The van der Waals surface area contributed by atoms with E-state index >= 15 is 0 Å². The Balaban J connectivity index is 5.00. The molecule has 0 saturated carbocycles. The molecule has 0 saturated heterocycles. The van der Waals surface area contributed by atoms with Crippen LogP contribution in [0.2, 0.25) is 0 Å². The van der Waals surface area contributed by atoms with Gasteiger partial charge in [-0.25, -0.2) is 0 Å². The first-order valence-corrected chi connectivity index (χ1v) is 11.8. The van der Waals surface area contributed by atoms with Crippen molar-refractivity contribution in [2.45, 2.75) is 132 Å². The minimum Gasteiger partial charge on any atom is -0.315 e. The van der Waals surface area contributed by atoms with Gasteiger partial charge in [-0.2, -0.15) is 0 Å². The minimum atomic E-state index is 0.211. The Morgan fingerprint density at radius 2 is 0.929 bits per heavy atom. The molecule has 0 aromatic rings. The van der Waals surface area contributed by atoms with Crippen molar-refractivity contribution in [2.24, 2.45) is 10.8 Å². The van der Waals surface area contributed by atoms with E-state index in [1.807, 2.05) is 0 Å². The maximum absolute atomic E-state index is 3.69. The second-order valence-electron chi connectivity index (χ2n) is 12.3. The van der Waals surface area contributed by atoms with Crippen molar-refractivity contribution in [1.82, 2.24) is 16.0 Å². The van der Waals surface area contributed by atoms with Gasteiger partial charge < -0.3 is 16.0 Å². The minimum absolute atomic E-state index is 0.211. The van der Waals surface area contributed by atoms with Gasteiger partial charge in [0.1, 0.15) is 0 Å². The highest BCUT2D eigenvalue weighted by atomic mass is 14.9. The summed E-state index contributed by atoms with van der Waals surface area (Å²) in [5.74, 6) is 0. The highest BCUT2D eigenvalue weighted by Crippen LogP contribution is 2.49. The number of nitrogens with one attached hydrogen (secondary N) is 3. The SMILES string of the molecule is CC(C)NCCCC(CCCNC(C)(C)C)(CCCNC(C)(C)C)C(C)(C)C. The first kappa shape index (κ1) is 27.9. The second-order valence-corrected chi connectivity index (χ2v) is 12.3. The maximum atomic E-state index is 3.69. The van der Waals surface area contributed by atoms with Gasteiger partial charge in [0, 0.05) is 17.1 Å². The van der Waals surface area contributed by atoms with Gasteiger partial charge in [-0.05, 0) is 111 Å². The van der Waals surface area contributed by atoms with E-state index in [0.717, 1.165) is 19.6 Å². The van der Waals surface area contributed by atoms with Crippen molar-refractivity contribution in [3.8, 4) is 0 Å². The summed E-state index contributed by atoms with van der Waals surface area (Å²) in [5, 5.41) is 11.0. The predicted molar refractivity (Wildman–Crippen MR) is 128 cm³/mol. The molecule has 0 bridgehead atoms. The topological polar surface area (TPSA) is 36.1 Å². The summed E-state index contributed by atoms with van der Waals surface area (Å²) in [4.78, 5) is 0. The van der Waals surface area contributed by atoms with Crippen molar-refractivity contribution < 1.29 is 0 Å². The van der Waals surface area contributed by atoms with Gasteiger partial charge in [0.05, 0.1) is 0 Å². The molecule has 0 aromatic heterocycles. The van der Waals surface area contributed by atoms with Crippen LogP contribution in [0.25, 0.3) is 0 Å². The summed E-state index contributed by atoms with van der Waals surface area (Å²) in [6.45, 7) is 28.8. The molecule has 0 atom stereocenters. The zero-order valence-corrected chi connectivity index (χ0v) is 21.4. The Hall–Kier alpha value is -0.120. The smallest absolute Gasteiger partial charge is 0.00965 e. The Labute approximate surface area is 178 Å². The van der Waals surface area contributed by atoms with Crippen LogP contribution in [0.3, 0.4) is 0 Å². The zero-order valence-electron chi connectivity index (χ0n) is 21.4. The van der Waals surface area contributed by atoms with Crippen LogP contribution in [0, 0.1) is 10.8 Å². The van der Waals surface area contributed by atoms with Crippen molar-refractivity contribution in [2.75, 3.05) is 19.6 Å². The van der Waals surface area contributed by atoms with E-state index < -0.39 is 0 Å². The molecule has 0 fully saturated rings. The lowest BCUT2D eigenvalue weighted by Gasteiger charge is -2.46. The van der Waals surface area contributed by atoms with Crippen molar-refractivity contribution >= 4 is 0 Å². The Bertz CT molecular complexity index is 371. The molecule has 0 aliphatic carbocycles. The van der Waals surface area contributed by atoms with Gasteiger partial charge in [0.25, 0.3) is 0 Å². The van der Waals surface area contributed by atoms with E-state index in [-0.39, 0.29) is 11.1 Å². The third-order valence-electron chi connectivity index (χ3n) is 5.95. The highest BCUT2D eigenvalue weighted by molar-refractivity contribution is 4.91. The van der Waals surface area contributed by atoms with Crippen LogP contribution >= 0.6 is 0 Å². The van der Waals surface area contributed by atoms with E-state index in [1.54, 1.807) is 0 Å². The fraction of sp³-hybridized carbons (Fsp3) is 1.00. The van der Waals surface area contributed by atoms with Gasteiger partial charge in [0.2, 0.25) is 0 Å². The highest BCUT2D eigenvalue weighted by Gasteiger charge is 2.40. The molecule has 0 radical (unpaired) electrons. The third kappa shape index (κ3) is 13.2. The first-order chi connectivity index (χ1) is 12.6.